The molecule has 0 aromatic heterocycles. The summed E-state index contributed by atoms with van der Waals surface area (Å²) < 4.78 is 21.8. The molecule has 5 heteroatoms. The minimum absolute atomic E-state index is 0.0933. The van der Waals surface area contributed by atoms with Gasteiger partial charge in [-0.1, -0.05) is 12.1 Å². The van der Waals surface area contributed by atoms with E-state index in [1.165, 1.54) is 7.11 Å². The van der Waals surface area contributed by atoms with Crippen LogP contribution in [0.2, 0.25) is 0 Å². The monoisotopic (exact) mass is 316 g/mol. The molecule has 122 valence electrons. The molecule has 0 radical (unpaired) electrons. The van der Waals surface area contributed by atoms with E-state index < -0.39 is 0 Å². The molecule has 3 rings (SSSR count). The molecule has 0 spiro atoms. The molecule has 1 aliphatic rings. The summed E-state index contributed by atoms with van der Waals surface area (Å²) in [5, 5.41) is 9.84. The zero-order valence-electron chi connectivity index (χ0n) is 13.5. The first-order valence-corrected chi connectivity index (χ1v) is 7.41. The van der Waals surface area contributed by atoms with Crippen LogP contribution in [0.5, 0.6) is 28.7 Å². The van der Waals surface area contributed by atoms with Crippen molar-refractivity contribution in [2.24, 2.45) is 0 Å². The number of fused-ring (bicyclic) bond motifs is 1. The van der Waals surface area contributed by atoms with Gasteiger partial charge in [0, 0.05) is 5.92 Å². The van der Waals surface area contributed by atoms with Gasteiger partial charge in [-0.15, -0.1) is 0 Å². The number of hydrogen-bond acceptors (Lipinski definition) is 5. The van der Waals surface area contributed by atoms with E-state index in [2.05, 4.69) is 0 Å². The Labute approximate surface area is 135 Å². The van der Waals surface area contributed by atoms with Crippen LogP contribution in [0.25, 0.3) is 0 Å². The van der Waals surface area contributed by atoms with Gasteiger partial charge in [0.1, 0.15) is 0 Å². The summed E-state index contributed by atoms with van der Waals surface area (Å²) in [6.45, 7) is 0.516. The van der Waals surface area contributed by atoms with Crippen LogP contribution in [-0.4, -0.2) is 33.0 Å². The van der Waals surface area contributed by atoms with Crippen molar-refractivity contribution < 1.29 is 24.1 Å². The van der Waals surface area contributed by atoms with E-state index >= 15 is 0 Å². The molecule has 23 heavy (non-hydrogen) atoms. The number of ether oxygens (including phenoxy) is 4. The lowest BCUT2D eigenvalue weighted by molar-refractivity contribution is 0.243. The van der Waals surface area contributed by atoms with Crippen molar-refractivity contribution in [2.45, 2.75) is 12.3 Å². The average molecular weight is 316 g/mol. The molecule has 2 aromatic carbocycles. The maximum Gasteiger partial charge on any atom is 0.203 e. The Balaban J connectivity index is 1.90. The van der Waals surface area contributed by atoms with Gasteiger partial charge in [0.05, 0.1) is 27.9 Å². The second-order valence-electron chi connectivity index (χ2n) is 5.43. The fourth-order valence-electron chi connectivity index (χ4n) is 2.94. The predicted octanol–water partition coefficient (Wildman–Crippen LogP) is 3.14. The minimum Gasteiger partial charge on any atom is -0.504 e. The highest BCUT2D eigenvalue weighted by molar-refractivity contribution is 5.56. The van der Waals surface area contributed by atoms with Crippen LogP contribution in [0.3, 0.4) is 0 Å². The van der Waals surface area contributed by atoms with Crippen molar-refractivity contribution in [3.05, 3.63) is 41.5 Å². The fourth-order valence-corrected chi connectivity index (χ4v) is 2.94. The van der Waals surface area contributed by atoms with Gasteiger partial charge in [0.25, 0.3) is 0 Å². The average Bonchev–Trinajstić information content (AvgIpc) is 2.60. The quantitative estimate of drug-likeness (QED) is 0.939. The van der Waals surface area contributed by atoms with Crippen LogP contribution in [0.15, 0.2) is 30.3 Å². The Bertz CT molecular complexity index is 711. The summed E-state index contributed by atoms with van der Waals surface area (Å²) in [6.07, 6.45) is 0.807. The van der Waals surface area contributed by atoms with Crippen LogP contribution in [0.1, 0.15) is 17.0 Å². The largest absolute Gasteiger partial charge is 0.504 e. The van der Waals surface area contributed by atoms with Gasteiger partial charge in [0.15, 0.2) is 23.0 Å². The van der Waals surface area contributed by atoms with Crippen LogP contribution < -0.4 is 18.9 Å². The number of benzene rings is 2. The number of phenols is 1. The van der Waals surface area contributed by atoms with Crippen LogP contribution in [0.4, 0.5) is 0 Å². The third-order valence-corrected chi connectivity index (χ3v) is 4.15. The first kappa shape index (κ1) is 15.3. The van der Waals surface area contributed by atoms with Gasteiger partial charge in [-0.2, -0.15) is 0 Å². The molecule has 5 nitrogen and oxygen atoms in total. The topological polar surface area (TPSA) is 57.2 Å². The second kappa shape index (κ2) is 6.28. The molecule has 0 saturated heterocycles. The molecule has 1 N–H and O–H groups in total. The van der Waals surface area contributed by atoms with Crippen molar-refractivity contribution in [3.63, 3.8) is 0 Å². The molecule has 0 amide bonds. The Morgan fingerprint density at radius 2 is 1.78 bits per heavy atom. The normalized spacial score (nSPS) is 16.2. The van der Waals surface area contributed by atoms with Crippen molar-refractivity contribution in [1.29, 1.82) is 0 Å². The highest BCUT2D eigenvalue weighted by Crippen LogP contribution is 2.44. The molecule has 1 atom stereocenters. The van der Waals surface area contributed by atoms with E-state index in [4.69, 9.17) is 18.9 Å². The lowest BCUT2D eigenvalue weighted by atomic mass is 9.90. The highest BCUT2D eigenvalue weighted by atomic mass is 16.5. The molecule has 0 fully saturated rings. The van der Waals surface area contributed by atoms with Crippen molar-refractivity contribution in [3.8, 4) is 28.7 Å². The first-order chi connectivity index (χ1) is 11.2. The Morgan fingerprint density at radius 3 is 2.48 bits per heavy atom. The Hall–Kier alpha value is -2.56. The molecule has 0 bridgehead atoms. The van der Waals surface area contributed by atoms with Crippen molar-refractivity contribution >= 4 is 0 Å². The molecule has 0 saturated carbocycles. The van der Waals surface area contributed by atoms with E-state index in [1.54, 1.807) is 20.3 Å². The molecular formula is C18H20O5. The molecular weight excluding hydrogens is 296 g/mol. The number of methoxy groups -OCH3 is 3. The lowest BCUT2D eigenvalue weighted by Crippen LogP contribution is -2.19. The summed E-state index contributed by atoms with van der Waals surface area (Å²) in [6, 6.07) is 9.42. The van der Waals surface area contributed by atoms with Crippen LogP contribution in [0, 0.1) is 0 Å². The predicted molar refractivity (Wildman–Crippen MR) is 86.1 cm³/mol. The molecule has 1 unspecified atom stereocenters. The summed E-state index contributed by atoms with van der Waals surface area (Å²) in [5.41, 5.74) is 2.14. The molecule has 1 aliphatic heterocycles. The van der Waals surface area contributed by atoms with Gasteiger partial charge < -0.3 is 24.1 Å². The van der Waals surface area contributed by atoms with E-state index in [-0.39, 0.29) is 11.7 Å². The van der Waals surface area contributed by atoms with Gasteiger partial charge in [-0.3, -0.25) is 0 Å². The van der Waals surface area contributed by atoms with Crippen molar-refractivity contribution in [1.82, 2.24) is 0 Å². The first-order valence-electron chi connectivity index (χ1n) is 7.41. The highest BCUT2D eigenvalue weighted by Gasteiger charge is 2.26. The van der Waals surface area contributed by atoms with E-state index in [1.807, 2.05) is 24.3 Å². The zero-order valence-corrected chi connectivity index (χ0v) is 13.5. The SMILES string of the molecule is COc1ccc(C2COc3c(ccc(O)c3OC)C2)cc1OC. The third-order valence-electron chi connectivity index (χ3n) is 4.15. The van der Waals surface area contributed by atoms with Gasteiger partial charge in [0.2, 0.25) is 5.75 Å². The van der Waals surface area contributed by atoms with Crippen molar-refractivity contribution in [2.75, 3.05) is 27.9 Å². The lowest BCUT2D eigenvalue weighted by Gasteiger charge is -2.27. The van der Waals surface area contributed by atoms with Gasteiger partial charge in [-0.05, 0) is 35.7 Å². The molecule has 2 aromatic rings. The van der Waals surface area contributed by atoms with Gasteiger partial charge >= 0.3 is 0 Å². The number of rotatable bonds is 4. The second-order valence-corrected chi connectivity index (χ2v) is 5.43. The standard InChI is InChI=1S/C18H20O5/c1-20-15-7-5-11(9-16(15)21-2)13-8-12-4-6-14(19)18(22-3)17(12)23-10-13/h4-7,9,13,19H,8,10H2,1-3H3. The van der Waals surface area contributed by atoms with Crippen LogP contribution in [-0.2, 0) is 6.42 Å². The smallest absolute Gasteiger partial charge is 0.203 e. The fraction of sp³-hybridized carbons (Fsp3) is 0.333. The molecule has 1 heterocycles. The molecule has 0 aliphatic carbocycles. The third kappa shape index (κ3) is 2.74. The summed E-state index contributed by atoms with van der Waals surface area (Å²) in [7, 11) is 4.78. The van der Waals surface area contributed by atoms with E-state index in [0.29, 0.717) is 29.6 Å². The van der Waals surface area contributed by atoms with E-state index in [9.17, 15) is 5.11 Å². The summed E-state index contributed by atoms with van der Waals surface area (Å²) >= 11 is 0. The summed E-state index contributed by atoms with van der Waals surface area (Å²) in [5.74, 6) is 2.74. The minimum atomic E-state index is 0.0933. The summed E-state index contributed by atoms with van der Waals surface area (Å²) in [4.78, 5) is 0. The number of phenolic OH excluding ortho intramolecular Hbond substituents is 1. The van der Waals surface area contributed by atoms with E-state index in [0.717, 1.165) is 17.5 Å². The van der Waals surface area contributed by atoms with Gasteiger partial charge in [-0.25, -0.2) is 0 Å². The zero-order chi connectivity index (χ0) is 16.4. The Kier molecular flexibility index (Phi) is 4.19. The number of hydrogen-bond donors (Lipinski definition) is 1. The van der Waals surface area contributed by atoms with Crippen LogP contribution >= 0.6 is 0 Å². The maximum absolute atomic E-state index is 9.84. The maximum atomic E-state index is 9.84. The number of aromatic hydroxyl groups is 1. The Morgan fingerprint density at radius 1 is 1.00 bits per heavy atom.